The Balaban J connectivity index is 1.34. The molecule has 1 aliphatic heterocycles. The van der Waals surface area contributed by atoms with Crippen molar-refractivity contribution in [3.8, 4) is 11.5 Å². The predicted octanol–water partition coefficient (Wildman–Crippen LogP) is 7.12. The first-order valence-corrected chi connectivity index (χ1v) is 17.6. The molecule has 0 radical (unpaired) electrons. The zero-order valence-corrected chi connectivity index (χ0v) is 29.5. The Morgan fingerprint density at radius 3 is 2.43 bits per heavy atom. The van der Waals surface area contributed by atoms with Crippen molar-refractivity contribution in [3.63, 3.8) is 0 Å². The van der Waals surface area contributed by atoms with Crippen LogP contribution in [-0.4, -0.2) is 35.9 Å². The van der Waals surface area contributed by atoms with Crippen molar-refractivity contribution in [2.24, 2.45) is 4.99 Å². The van der Waals surface area contributed by atoms with E-state index in [9.17, 15) is 9.59 Å². The summed E-state index contributed by atoms with van der Waals surface area (Å²) in [6.45, 7) is 4.40. The molecule has 0 aliphatic carbocycles. The van der Waals surface area contributed by atoms with Gasteiger partial charge in [-0.3, -0.25) is 9.36 Å². The van der Waals surface area contributed by atoms with Gasteiger partial charge in [0.05, 0.1) is 36.6 Å². The molecule has 9 heteroatoms. The minimum atomic E-state index is -0.860. The van der Waals surface area contributed by atoms with Crippen LogP contribution in [0.15, 0.2) is 124 Å². The van der Waals surface area contributed by atoms with Gasteiger partial charge in [-0.15, -0.1) is 0 Å². The Hall–Kier alpha value is -5.93. The molecule has 0 saturated carbocycles. The van der Waals surface area contributed by atoms with Gasteiger partial charge in [0.2, 0.25) is 0 Å². The lowest BCUT2D eigenvalue weighted by Gasteiger charge is -2.27. The number of para-hydroxylation sites is 1. The van der Waals surface area contributed by atoms with Crippen molar-refractivity contribution in [2.75, 3.05) is 20.8 Å². The van der Waals surface area contributed by atoms with Crippen LogP contribution in [0.1, 0.15) is 36.6 Å². The van der Waals surface area contributed by atoms with Gasteiger partial charge in [0, 0.05) is 34.8 Å². The van der Waals surface area contributed by atoms with Crippen molar-refractivity contribution in [3.05, 3.63) is 151 Å². The number of methoxy groups -OCH3 is 2. The van der Waals surface area contributed by atoms with E-state index in [0.717, 1.165) is 27.2 Å². The van der Waals surface area contributed by atoms with Crippen LogP contribution >= 0.6 is 11.3 Å². The van der Waals surface area contributed by atoms with Crippen LogP contribution in [0.3, 0.4) is 0 Å². The third kappa shape index (κ3) is 5.50. The minimum Gasteiger partial charge on any atom is -0.497 e. The Morgan fingerprint density at radius 1 is 0.882 bits per heavy atom. The molecule has 3 heterocycles. The molecule has 0 bridgehead atoms. The average Bonchev–Trinajstić information content (AvgIpc) is 3.65. The van der Waals surface area contributed by atoms with Gasteiger partial charge < -0.3 is 18.8 Å². The number of thiazole rings is 1. The van der Waals surface area contributed by atoms with E-state index in [1.54, 1.807) is 32.6 Å². The average molecular weight is 694 g/mol. The molecule has 1 atom stereocenters. The number of hydrogen-bond acceptors (Lipinski definition) is 7. The highest BCUT2D eigenvalue weighted by Crippen LogP contribution is 2.41. The summed E-state index contributed by atoms with van der Waals surface area (Å²) in [5.41, 5.74) is 4.37. The van der Waals surface area contributed by atoms with Gasteiger partial charge in [-0.2, -0.15) is 0 Å². The summed E-state index contributed by atoms with van der Waals surface area (Å²) in [5, 5.41) is 5.14. The highest BCUT2D eigenvalue weighted by molar-refractivity contribution is 7.07. The van der Waals surface area contributed by atoms with Gasteiger partial charge >= 0.3 is 5.97 Å². The van der Waals surface area contributed by atoms with E-state index in [4.69, 9.17) is 19.2 Å². The van der Waals surface area contributed by atoms with Crippen LogP contribution < -0.4 is 24.4 Å². The molecule has 0 fully saturated rings. The Morgan fingerprint density at radius 2 is 1.63 bits per heavy atom. The van der Waals surface area contributed by atoms with E-state index in [2.05, 4.69) is 65.4 Å². The second-order valence-corrected chi connectivity index (χ2v) is 13.4. The summed E-state index contributed by atoms with van der Waals surface area (Å²) in [6, 6.07) is 31.7. The number of carbonyl (C=O) groups is 1. The number of benzene rings is 5. The van der Waals surface area contributed by atoms with Gasteiger partial charge in [0.15, 0.2) is 4.80 Å². The number of aromatic nitrogens is 2. The van der Waals surface area contributed by atoms with Gasteiger partial charge in [0.1, 0.15) is 17.5 Å². The lowest BCUT2D eigenvalue weighted by molar-refractivity contribution is -0.139. The van der Waals surface area contributed by atoms with Crippen molar-refractivity contribution in [1.82, 2.24) is 9.13 Å². The van der Waals surface area contributed by atoms with Crippen LogP contribution in [0.2, 0.25) is 0 Å². The lowest BCUT2D eigenvalue weighted by atomic mass is 9.90. The molecule has 0 N–H and O–H groups in total. The van der Waals surface area contributed by atoms with E-state index in [0.29, 0.717) is 38.6 Å². The van der Waals surface area contributed by atoms with Crippen molar-refractivity contribution in [1.29, 1.82) is 0 Å². The fraction of sp³-hybridized carbons (Fsp3) is 0.167. The number of ether oxygens (including phenoxy) is 3. The maximum Gasteiger partial charge on any atom is 0.338 e. The SMILES string of the molecule is CCOC(=O)C1=C(C)N=c2s/c(=C\c3cn(Cc4cccc5ccccc45)c4ccccc34)c(=O)n2[C@@H]1c1c(OC)ccc2ccc(OC)cc12. The molecule has 5 aromatic carbocycles. The van der Waals surface area contributed by atoms with Crippen LogP contribution in [-0.2, 0) is 16.1 Å². The summed E-state index contributed by atoms with van der Waals surface area (Å²) in [5.74, 6) is 0.641. The van der Waals surface area contributed by atoms with Crippen LogP contribution in [0, 0.1) is 0 Å². The first kappa shape index (κ1) is 32.3. The number of allylic oxidation sites excluding steroid dienone is 1. The Labute approximate surface area is 297 Å². The van der Waals surface area contributed by atoms with Crippen LogP contribution in [0.25, 0.3) is 38.5 Å². The molecule has 0 saturated heterocycles. The molecule has 2 aromatic heterocycles. The Bertz CT molecular complexity index is 2720. The number of esters is 1. The van der Waals surface area contributed by atoms with Gasteiger partial charge in [0.25, 0.3) is 5.56 Å². The number of hydrogen-bond donors (Lipinski definition) is 0. The van der Waals surface area contributed by atoms with Gasteiger partial charge in [-0.05, 0) is 71.3 Å². The minimum absolute atomic E-state index is 0.177. The molecule has 0 amide bonds. The normalized spacial score (nSPS) is 14.6. The number of nitrogens with zero attached hydrogens (tertiary/aromatic N) is 3. The highest BCUT2D eigenvalue weighted by Gasteiger charge is 2.36. The summed E-state index contributed by atoms with van der Waals surface area (Å²) in [4.78, 5) is 33.7. The summed E-state index contributed by atoms with van der Waals surface area (Å²) < 4.78 is 21.4. The summed E-state index contributed by atoms with van der Waals surface area (Å²) in [7, 11) is 3.19. The lowest BCUT2D eigenvalue weighted by Crippen LogP contribution is -2.40. The largest absolute Gasteiger partial charge is 0.497 e. The topological polar surface area (TPSA) is 84.1 Å². The zero-order valence-electron chi connectivity index (χ0n) is 28.7. The smallest absolute Gasteiger partial charge is 0.338 e. The monoisotopic (exact) mass is 693 g/mol. The Kier molecular flexibility index (Phi) is 8.28. The van der Waals surface area contributed by atoms with Crippen LogP contribution in [0.4, 0.5) is 0 Å². The van der Waals surface area contributed by atoms with Gasteiger partial charge in [-0.25, -0.2) is 9.79 Å². The predicted molar refractivity (Wildman–Crippen MR) is 202 cm³/mol. The first-order valence-electron chi connectivity index (χ1n) is 16.8. The third-order valence-corrected chi connectivity index (χ3v) is 10.6. The first-order chi connectivity index (χ1) is 24.9. The fourth-order valence-corrected chi connectivity index (χ4v) is 8.27. The standard InChI is InChI=1S/C42H35N3O5S/c1-5-50-41(47)37-25(2)43-42-45(39(37)38-33-22-30(48-3)19-17-27(33)18-20-35(38)49-4)40(46)36(51-42)21-29-24-44(34-16-9-8-15-32(29)34)23-28-13-10-12-26-11-6-7-14-31(26)28/h6-22,24,39H,5,23H2,1-4H3/b36-21-/t39-/m0/s1. The molecule has 51 heavy (non-hydrogen) atoms. The number of fused-ring (bicyclic) bond motifs is 4. The van der Waals surface area contributed by atoms with E-state index < -0.39 is 12.0 Å². The molecular weight excluding hydrogens is 659 g/mol. The van der Waals surface area contributed by atoms with Crippen molar-refractivity contribution in [2.45, 2.75) is 26.4 Å². The van der Waals surface area contributed by atoms with E-state index in [1.807, 2.05) is 48.5 Å². The van der Waals surface area contributed by atoms with E-state index in [-0.39, 0.29) is 17.7 Å². The molecule has 7 aromatic rings. The molecule has 0 unspecified atom stereocenters. The maximum atomic E-state index is 14.7. The number of carbonyl (C=O) groups excluding carboxylic acids is 1. The second kappa shape index (κ2) is 13.1. The maximum absolute atomic E-state index is 14.7. The third-order valence-electron chi connectivity index (χ3n) is 9.57. The summed E-state index contributed by atoms with van der Waals surface area (Å²) >= 11 is 1.30. The van der Waals surface area contributed by atoms with Crippen molar-refractivity contribution >= 4 is 55.8 Å². The molecule has 8 rings (SSSR count). The molecule has 1 aliphatic rings. The van der Waals surface area contributed by atoms with Crippen molar-refractivity contribution < 1.29 is 19.0 Å². The van der Waals surface area contributed by atoms with Gasteiger partial charge in [-0.1, -0.05) is 84.1 Å². The molecule has 254 valence electrons. The highest BCUT2D eigenvalue weighted by atomic mass is 32.1. The van der Waals surface area contributed by atoms with Crippen LogP contribution in [0.5, 0.6) is 11.5 Å². The zero-order chi connectivity index (χ0) is 35.2. The fourth-order valence-electron chi connectivity index (χ4n) is 7.23. The van der Waals surface area contributed by atoms with E-state index in [1.165, 1.54) is 27.7 Å². The molecule has 8 nitrogen and oxygen atoms in total. The van der Waals surface area contributed by atoms with E-state index >= 15 is 0 Å². The summed E-state index contributed by atoms with van der Waals surface area (Å²) in [6.07, 6.45) is 4.05. The second-order valence-electron chi connectivity index (χ2n) is 12.4. The quantitative estimate of drug-likeness (QED) is 0.158. The molecule has 0 spiro atoms. The number of rotatable bonds is 8. The molecular formula is C42H35N3O5S.